The predicted molar refractivity (Wildman–Crippen MR) is 75.1 cm³/mol. The van der Waals surface area contributed by atoms with E-state index in [0.29, 0.717) is 18.7 Å². The fraction of sp³-hybridized carbons (Fsp3) is 0.533. The van der Waals surface area contributed by atoms with Gasteiger partial charge in [0.2, 0.25) is 0 Å². The van der Waals surface area contributed by atoms with E-state index in [2.05, 4.69) is 4.90 Å². The molecule has 1 amide bonds. The van der Waals surface area contributed by atoms with Gasteiger partial charge in [-0.3, -0.25) is 4.79 Å². The van der Waals surface area contributed by atoms with Crippen molar-refractivity contribution in [1.29, 1.82) is 0 Å². The number of carbonyl (C=O) groups is 1. The maximum Gasteiger partial charge on any atom is 0.254 e. The van der Waals surface area contributed by atoms with Crippen LogP contribution in [0.1, 0.15) is 23.2 Å². The second kappa shape index (κ2) is 7.36. The highest BCUT2D eigenvalue weighted by molar-refractivity contribution is 5.94. The summed E-state index contributed by atoms with van der Waals surface area (Å²) >= 11 is 0. The fourth-order valence-corrected chi connectivity index (χ4v) is 2.50. The summed E-state index contributed by atoms with van der Waals surface area (Å²) in [4.78, 5) is 16.4. The van der Waals surface area contributed by atoms with E-state index in [9.17, 15) is 9.18 Å². The van der Waals surface area contributed by atoms with Gasteiger partial charge in [-0.15, -0.1) is 0 Å². The SMILES string of the molecule is O=C(c1cccc(F)c1)N1CCCN(CCCO)CC1. The van der Waals surface area contributed by atoms with Gasteiger partial charge in [-0.1, -0.05) is 6.07 Å². The molecule has 0 radical (unpaired) electrons. The zero-order valence-corrected chi connectivity index (χ0v) is 11.6. The fourth-order valence-electron chi connectivity index (χ4n) is 2.50. The summed E-state index contributed by atoms with van der Waals surface area (Å²) in [7, 11) is 0. The molecule has 0 unspecified atom stereocenters. The highest BCUT2D eigenvalue weighted by atomic mass is 19.1. The summed E-state index contributed by atoms with van der Waals surface area (Å²) in [6.45, 7) is 4.15. The van der Waals surface area contributed by atoms with Crippen molar-refractivity contribution in [3.63, 3.8) is 0 Å². The van der Waals surface area contributed by atoms with Crippen LogP contribution in [0.2, 0.25) is 0 Å². The monoisotopic (exact) mass is 280 g/mol. The van der Waals surface area contributed by atoms with Gasteiger partial charge in [0.15, 0.2) is 0 Å². The van der Waals surface area contributed by atoms with Crippen LogP contribution >= 0.6 is 0 Å². The Morgan fingerprint density at radius 1 is 1.25 bits per heavy atom. The topological polar surface area (TPSA) is 43.8 Å². The molecule has 1 N–H and O–H groups in total. The highest BCUT2D eigenvalue weighted by Gasteiger charge is 2.20. The van der Waals surface area contributed by atoms with Crippen molar-refractivity contribution in [2.75, 3.05) is 39.3 Å². The average Bonchev–Trinajstić information content (AvgIpc) is 2.70. The number of carbonyl (C=O) groups excluding carboxylic acids is 1. The third kappa shape index (κ3) is 4.02. The Labute approximate surface area is 118 Å². The van der Waals surface area contributed by atoms with E-state index in [-0.39, 0.29) is 18.3 Å². The molecular formula is C15H21FN2O2. The van der Waals surface area contributed by atoms with Crippen LogP contribution in [0.4, 0.5) is 4.39 Å². The number of aliphatic hydroxyl groups is 1. The number of aliphatic hydroxyl groups excluding tert-OH is 1. The van der Waals surface area contributed by atoms with E-state index < -0.39 is 0 Å². The van der Waals surface area contributed by atoms with E-state index in [1.807, 2.05) is 0 Å². The molecule has 0 saturated carbocycles. The largest absolute Gasteiger partial charge is 0.396 e. The molecule has 20 heavy (non-hydrogen) atoms. The molecular weight excluding hydrogens is 259 g/mol. The molecule has 1 aliphatic rings. The van der Waals surface area contributed by atoms with Crippen LogP contribution in [0.25, 0.3) is 0 Å². The van der Waals surface area contributed by atoms with Crippen LogP contribution in [-0.4, -0.2) is 60.1 Å². The lowest BCUT2D eigenvalue weighted by atomic mass is 10.2. The number of benzene rings is 1. The maximum absolute atomic E-state index is 13.2. The number of hydrogen-bond acceptors (Lipinski definition) is 3. The molecule has 1 aromatic carbocycles. The minimum atomic E-state index is -0.379. The molecule has 5 heteroatoms. The lowest BCUT2D eigenvalue weighted by molar-refractivity contribution is 0.0760. The van der Waals surface area contributed by atoms with Gasteiger partial charge in [0.25, 0.3) is 5.91 Å². The summed E-state index contributed by atoms with van der Waals surface area (Å²) in [6.07, 6.45) is 1.67. The molecule has 1 fully saturated rings. The summed E-state index contributed by atoms with van der Waals surface area (Å²) in [5.41, 5.74) is 0.411. The van der Waals surface area contributed by atoms with E-state index in [1.165, 1.54) is 12.1 Å². The molecule has 4 nitrogen and oxygen atoms in total. The number of halogens is 1. The number of amides is 1. The Bertz CT molecular complexity index is 453. The molecule has 1 aliphatic heterocycles. The predicted octanol–water partition coefficient (Wildman–Crippen LogP) is 1.36. The van der Waals surface area contributed by atoms with Gasteiger partial charge < -0.3 is 14.9 Å². The Morgan fingerprint density at radius 2 is 2.10 bits per heavy atom. The van der Waals surface area contributed by atoms with Gasteiger partial charge in [0, 0.05) is 38.3 Å². The summed E-state index contributed by atoms with van der Waals surface area (Å²) in [5.74, 6) is -0.483. The average molecular weight is 280 g/mol. The highest BCUT2D eigenvalue weighted by Crippen LogP contribution is 2.11. The first kappa shape index (κ1) is 14.9. The van der Waals surface area contributed by atoms with Crippen molar-refractivity contribution in [2.24, 2.45) is 0 Å². The molecule has 0 aliphatic carbocycles. The minimum Gasteiger partial charge on any atom is -0.396 e. The van der Waals surface area contributed by atoms with Crippen LogP contribution < -0.4 is 0 Å². The van der Waals surface area contributed by atoms with Gasteiger partial charge in [0.05, 0.1) is 0 Å². The van der Waals surface area contributed by atoms with Crippen molar-refractivity contribution in [1.82, 2.24) is 9.80 Å². The quantitative estimate of drug-likeness (QED) is 0.905. The van der Waals surface area contributed by atoms with Crippen LogP contribution in [-0.2, 0) is 0 Å². The molecule has 0 aromatic heterocycles. The van der Waals surface area contributed by atoms with Gasteiger partial charge in [0.1, 0.15) is 5.82 Å². The molecule has 1 saturated heterocycles. The Balaban J connectivity index is 1.94. The van der Waals surface area contributed by atoms with Crippen molar-refractivity contribution < 1.29 is 14.3 Å². The van der Waals surface area contributed by atoms with Gasteiger partial charge >= 0.3 is 0 Å². The van der Waals surface area contributed by atoms with Crippen LogP contribution in [0.5, 0.6) is 0 Å². The van der Waals surface area contributed by atoms with Crippen molar-refractivity contribution in [2.45, 2.75) is 12.8 Å². The second-order valence-corrected chi connectivity index (χ2v) is 5.07. The molecule has 0 atom stereocenters. The Morgan fingerprint density at radius 3 is 2.85 bits per heavy atom. The molecule has 2 rings (SSSR count). The van der Waals surface area contributed by atoms with E-state index in [0.717, 1.165) is 32.5 Å². The number of hydrogen-bond donors (Lipinski definition) is 1. The first-order chi connectivity index (χ1) is 9.70. The van der Waals surface area contributed by atoms with Gasteiger partial charge in [-0.2, -0.15) is 0 Å². The molecule has 110 valence electrons. The van der Waals surface area contributed by atoms with E-state index in [4.69, 9.17) is 5.11 Å². The van der Waals surface area contributed by atoms with Crippen LogP contribution in [0.3, 0.4) is 0 Å². The number of rotatable bonds is 4. The van der Waals surface area contributed by atoms with Crippen molar-refractivity contribution in [3.8, 4) is 0 Å². The maximum atomic E-state index is 13.2. The zero-order chi connectivity index (χ0) is 14.4. The zero-order valence-electron chi connectivity index (χ0n) is 11.6. The van der Waals surface area contributed by atoms with Gasteiger partial charge in [-0.05, 0) is 37.6 Å². The lowest BCUT2D eigenvalue weighted by Gasteiger charge is -2.22. The minimum absolute atomic E-state index is 0.103. The second-order valence-electron chi connectivity index (χ2n) is 5.07. The third-order valence-electron chi connectivity index (χ3n) is 3.58. The van der Waals surface area contributed by atoms with Crippen LogP contribution in [0.15, 0.2) is 24.3 Å². The molecule has 1 aromatic rings. The first-order valence-electron chi connectivity index (χ1n) is 7.09. The summed E-state index contributed by atoms with van der Waals surface area (Å²) in [6, 6.07) is 5.85. The van der Waals surface area contributed by atoms with Gasteiger partial charge in [-0.25, -0.2) is 4.39 Å². The lowest BCUT2D eigenvalue weighted by Crippen LogP contribution is -2.35. The number of nitrogens with zero attached hydrogens (tertiary/aromatic N) is 2. The molecule has 0 spiro atoms. The smallest absolute Gasteiger partial charge is 0.254 e. The van der Waals surface area contributed by atoms with E-state index >= 15 is 0 Å². The van der Waals surface area contributed by atoms with E-state index in [1.54, 1.807) is 17.0 Å². The molecule has 1 heterocycles. The summed E-state index contributed by atoms with van der Waals surface area (Å²) < 4.78 is 13.2. The normalized spacial score (nSPS) is 17.0. The Hall–Kier alpha value is -1.46. The van der Waals surface area contributed by atoms with Crippen molar-refractivity contribution in [3.05, 3.63) is 35.6 Å². The van der Waals surface area contributed by atoms with Crippen LogP contribution in [0, 0.1) is 5.82 Å². The summed E-state index contributed by atoms with van der Waals surface area (Å²) in [5, 5.41) is 8.86. The molecule has 0 bridgehead atoms. The standard InChI is InChI=1S/C15H21FN2O2/c16-14-5-1-4-13(12-14)15(20)18-8-2-6-17(9-10-18)7-3-11-19/h1,4-5,12,19H,2-3,6-11H2. The van der Waals surface area contributed by atoms with Crippen molar-refractivity contribution >= 4 is 5.91 Å². The Kier molecular flexibility index (Phi) is 5.49. The third-order valence-corrected chi connectivity index (χ3v) is 3.58. The first-order valence-corrected chi connectivity index (χ1v) is 7.09.